The van der Waals surface area contributed by atoms with Gasteiger partial charge >= 0.3 is 0 Å². The third kappa shape index (κ3) is 7.01. The van der Waals surface area contributed by atoms with Gasteiger partial charge in [0.2, 0.25) is 5.91 Å². The van der Waals surface area contributed by atoms with Gasteiger partial charge in [0.05, 0.1) is 31.9 Å². The van der Waals surface area contributed by atoms with Crippen LogP contribution in [0.15, 0.2) is 29.6 Å². The molecule has 1 aromatic heterocycles. The van der Waals surface area contributed by atoms with Crippen molar-refractivity contribution in [2.75, 3.05) is 60.2 Å². The molecule has 0 fully saturated rings. The molecule has 3 rings (SSSR count). The van der Waals surface area contributed by atoms with Crippen LogP contribution in [0.2, 0.25) is 0 Å². The van der Waals surface area contributed by atoms with Crippen LogP contribution in [0.1, 0.15) is 27.6 Å². The highest BCUT2D eigenvalue weighted by atomic mass is 32.1. The molecule has 8 heteroatoms. The van der Waals surface area contributed by atoms with E-state index in [-0.39, 0.29) is 25.1 Å². The van der Waals surface area contributed by atoms with Crippen molar-refractivity contribution in [1.82, 2.24) is 9.80 Å². The smallest absolute Gasteiger partial charge is 0.237 e. The minimum Gasteiger partial charge on any atom is -0.491 e. The molecule has 0 aliphatic carbocycles. The molecule has 2 atom stereocenters. The van der Waals surface area contributed by atoms with Crippen molar-refractivity contribution < 1.29 is 24.1 Å². The molecular weight excluding hydrogens is 440 g/mol. The van der Waals surface area contributed by atoms with Crippen molar-refractivity contribution in [2.45, 2.75) is 32.4 Å². The highest BCUT2D eigenvalue weighted by Gasteiger charge is 2.33. The van der Waals surface area contributed by atoms with Gasteiger partial charge in [-0.15, -0.1) is 11.3 Å². The third-order valence-corrected chi connectivity index (χ3v) is 6.94. The first-order valence-corrected chi connectivity index (χ1v) is 12.2. The van der Waals surface area contributed by atoms with E-state index in [2.05, 4.69) is 24.4 Å². The molecular formula is C25H36N2O5S. The number of hydrogen-bond acceptors (Lipinski definition) is 7. The normalized spacial score (nSPS) is 16.7. The zero-order valence-electron chi connectivity index (χ0n) is 20.1. The van der Waals surface area contributed by atoms with E-state index in [1.54, 1.807) is 25.6 Å². The summed E-state index contributed by atoms with van der Waals surface area (Å²) < 4.78 is 16.5. The van der Waals surface area contributed by atoms with Crippen LogP contribution < -0.4 is 4.74 Å². The number of ether oxygens (including phenoxy) is 3. The lowest BCUT2D eigenvalue weighted by Crippen LogP contribution is -2.48. The number of methoxy groups -OCH3 is 2. The predicted molar refractivity (Wildman–Crippen MR) is 130 cm³/mol. The molecule has 1 aliphatic rings. The summed E-state index contributed by atoms with van der Waals surface area (Å²) in [4.78, 5) is 18.6. The number of benzene rings is 1. The minimum atomic E-state index is -0.659. The Kier molecular flexibility index (Phi) is 9.70. The highest BCUT2D eigenvalue weighted by molar-refractivity contribution is 7.10. The summed E-state index contributed by atoms with van der Waals surface area (Å²) in [7, 11) is 3.19. The van der Waals surface area contributed by atoms with Crippen LogP contribution in [0.4, 0.5) is 0 Å². The van der Waals surface area contributed by atoms with Gasteiger partial charge in [-0.05, 0) is 48.9 Å². The van der Waals surface area contributed by atoms with E-state index < -0.39 is 6.10 Å². The van der Waals surface area contributed by atoms with Gasteiger partial charge in [0.1, 0.15) is 12.4 Å². The average molecular weight is 477 g/mol. The Labute approximate surface area is 200 Å². The number of aryl methyl sites for hydroxylation is 2. The van der Waals surface area contributed by atoms with Gasteiger partial charge in [0.15, 0.2) is 0 Å². The van der Waals surface area contributed by atoms with Gasteiger partial charge in [0, 0.05) is 38.7 Å². The summed E-state index contributed by atoms with van der Waals surface area (Å²) in [5.74, 6) is 0.876. The molecule has 0 spiro atoms. The van der Waals surface area contributed by atoms with Crippen molar-refractivity contribution in [1.29, 1.82) is 0 Å². The quantitative estimate of drug-likeness (QED) is 0.508. The number of amides is 1. The largest absolute Gasteiger partial charge is 0.491 e. The monoisotopic (exact) mass is 476 g/mol. The second-order valence-electron chi connectivity index (χ2n) is 8.57. The van der Waals surface area contributed by atoms with E-state index >= 15 is 0 Å². The zero-order chi connectivity index (χ0) is 23.8. The Morgan fingerprint density at radius 1 is 1.27 bits per heavy atom. The number of aliphatic hydroxyl groups excluding tert-OH is 1. The van der Waals surface area contributed by atoms with Crippen LogP contribution in [0, 0.1) is 13.8 Å². The Balaban J connectivity index is 1.73. The summed E-state index contributed by atoms with van der Waals surface area (Å²) >= 11 is 1.74. The fourth-order valence-corrected chi connectivity index (χ4v) is 5.21. The molecule has 0 saturated heterocycles. The number of carbonyl (C=O) groups is 1. The van der Waals surface area contributed by atoms with Crippen molar-refractivity contribution in [3.63, 3.8) is 0 Å². The molecule has 0 unspecified atom stereocenters. The number of carbonyl (C=O) groups excluding carboxylic acids is 1. The fourth-order valence-electron chi connectivity index (χ4n) is 4.29. The summed E-state index contributed by atoms with van der Waals surface area (Å²) in [6, 6.07) is 8.12. The second kappa shape index (κ2) is 12.5. The Bertz CT molecular complexity index is 903. The van der Waals surface area contributed by atoms with Crippen LogP contribution in [0.25, 0.3) is 0 Å². The van der Waals surface area contributed by atoms with E-state index in [0.29, 0.717) is 32.8 Å². The maximum absolute atomic E-state index is 13.5. The molecule has 182 valence electrons. The van der Waals surface area contributed by atoms with E-state index in [0.717, 1.165) is 17.7 Å². The average Bonchev–Trinajstić information content (AvgIpc) is 3.26. The van der Waals surface area contributed by atoms with E-state index in [9.17, 15) is 9.90 Å². The first kappa shape index (κ1) is 25.6. The van der Waals surface area contributed by atoms with Crippen LogP contribution in [-0.2, 0) is 20.7 Å². The van der Waals surface area contributed by atoms with E-state index in [4.69, 9.17) is 14.2 Å². The maximum Gasteiger partial charge on any atom is 0.237 e. The van der Waals surface area contributed by atoms with Crippen LogP contribution in [0.3, 0.4) is 0 Å². The summed E-state index contributed by atoms with van der Waals surface area (Å²) in [5.41, 5.74) is 3.46. The number of fused-ring (bicyclic) bond motifs is 1. The number of nitrogens with zero attached hydrogens (tertiary/aromatic N) is 2. The standard InChI is InChI=1S/C25H36N2O5S/c1-18-5-6-23(19(2)13-18)32-17-22-21-8-12-33-24(21)7-9-27(22)25(29)15-26(10-11-30-3)14-20(28)16-31-4/h5-6,8,12-13,20,22,28H,7,9-11,14-17H2,1-4H3/t20-,22-/m1/s1. The fraction of sp³-hybridized carbons (Fsp3) is 0.560. The Morgan fingerprint density at radius 2 is 2.09 bits per heavy atom. The zero-order valence-corrected chi connectivity index (χ0v) is 20.9. The third-order valence-electron chi connectivity index (χ3n) is 5.94. The van der Waals surface area contributed by atoms with E-state index in [1.807, 2.05) is 28.9 Å². The van der Waals surface area contributed by atoms with Crippen molar-refractivity contribution in [3.05, 3.63) is 51.2 Å². The molecule has 7 nitrogen and oxygen atoms in total. The van der Waals surface area contributed by atoms with Gasteiger partial charge < -0.3 is 24.2 Å². The lowest BCUT2D eigenvalue weighted by molar-refractivity contribution is -0.136. The molecule has 2 aromatic rings. The van der Waals surface area contributed by atoms with Gasteiger partial charge in [-0.2, -0.15) is 0 Å². The molecule has 0 saturated carbocycles. The highest BCUT2D eigenvalue weighted by Crippen LogP contribution is 2.34. The number of aliphatic hydroxyl groups is 1. The van der Waals surface area contributed by atoms with Crippen molar-refractivity contribution in [2.24, 2.45) is 0 Å². The van der Waals surface area contributed by atoms with Crippen molar-refractivity contribution in [3.8, 4) is 5.75 Å². The lowest BCUT2D eigenvalue weighted by Gasteiger charge is -2.37. The maximum atomic E-state index is 13.5. The molecule has 0 bridgehead atoms. The second-order valence-corrected chi connectivity index (χ2v) is 9.57. The van der Waals surface area contributed by atoms with Crippen molar-refractivity contribution >= 4 is 17.2 Å². The summed E-state index contributed by atoms with van der Waals surface area (Å²) in [5, 5.41) is 12.3. The first-order valence-electron chi connectivity index (χ1n) is 11.4. The minimum absolute atomic E-state index is 0.0294. The Hall–Kier alpha value is -1.97. The molecule has 1 aliphatic heterocycles. The van der Waals surface area contributed by atoms with Gasteiger partial charge in [-0.25, -0.2) is 0 Å². The summed E-state index contributed by atoms with van der Waals surface area (Å²) in [6.07, 6.45) is 0.191. The van der Waals surface area contributed by atoms with Gasteiger partial charge in [0.25, 0.3) is 0 Å². The summed E-state index contributed by atoms with van der Waals surface area (Å²) in [6.45, 7) is 7.01. The molecule has 2 heterocycles. The lowest BCUT2D eigenvalue weighted by atomic mass is 10.00. The van der Waals surface area contributed by atoms with Crippen LogP contribution in [-0.4, -0.2) is 87.1 Å². The first-order chi connectivity index (χ1) is 15.9. The molecule has 1 amide bonds. The number of hydrogen-bond donors (Lipinski definition) is 1. The van der Waals surface area contributed by atoms with Gasteiger partial charge in [-0.1, -0.05) is 17.7 Å². The Morgan fingerprint density at radius 3 is 2.82 bits per heavy atom. The predicted octanol–water partition coefficient (Wildman–Crippen LogP) is 2.83. The molecule has 0 radical (unpaired) electrons. The molecule has 1 N–H and O–H groups in total. The number of rotatable bonds is 12. The van der Waals surface area contributed by atoms with Crippen LogP contribution in [0.5, 0.6) is 5.75 Å². The number of thiophene rings is 1. The molecule has 33 heavy (non-hydrogen) atoms. The van der Waals surface area contributed by atoms with Crippen LogP contribution >= 0.6 is 11.3 Å². The molecule has 1 aromatic carbocycles. The van der Waals surface area contributed by atoms with Gasteiger partial charge in [-0.3, -0.25) is 9.69 Å². The topological polar surface area (TPSA) is 71.5 Å². The van der Waals surface area contributed by atoms with E-state index in [1.165, 1.54) is 16.0 Å². The SMILES string of the molecule is COCCN(CC(=O)N1CCc2sccc2[C@H]1COc1ccc(C)cc1C)C[C@@H](O)COC.